The third-order valence-corrected chi connectivity index (χ3v) is 6.29. The lowest BCUT2D eigenvalue weighted by atomic mass is 10.0. The minimum absolute atomic E-state index is 0.269. The predicted molar refractivity (Wildman–Crippen MR) is 125 cm³/mol. The van der Waals surface area contributed by atoms with Crippen LogP contribution in [-0.2, 0) is 24.4 Å². The van der Waals surface area contributed by atoms with Gasteiger partial charge in [0.2, 0.25) is 0 Å². The van der Waals surface area contributed by atoms with Gasteiger partial charge in [0.05, 0.1) is 24.4 Å². The molecule has 4 heteroatoms. The van der Waals surface area contributed by atoms with Crippen molar-refractivity contribution in [3.8, 4) is 0 Å². The van der Waals surface area contributed by atoms with Crippen LogP contribution < -0.4 is 4.90 Å². The monoisotopic (exact) mass is 419 g/mol. The topological polar surface area (TPSA) is 35.7 Å². The van der Waals surface area contributed by atoms with E-state index in [4.69, 9.17) is 4.74 Å². The summed E-state index contributed by atoms with van der Waals surface area (Å²) in [7, 11) is 1.44. The van der Waals surface area contributed by atoms with E-state index >= 15 is 0 Å². The van der Waals surface area contributed by atoms with Crippen molar-refractivity contribution < 1.29 is 14.4 Å². The number of hydrogen-bond acceptors (Lipinski definition) is 2. The maximum Gasteiger partial charge on any atom is 0.338 e. The van der Waals surface area contributed by atoms with Crippen LogP contribution >= 0.6 is 0 Å². The summed E-state index contributed by atoms with van der Waals surface area (Å²) in [5.74, 6) is 0.260. The van der Waals surface area contributed by atoms with Crippen LogP contribution in [0.2, 0.25) is 0 Å². The van der Waals surface area contributed by atoms with Gasteiger partial charge in [-0.2, -0.15) is 0 Å². The molecule has 3 aromatic rings. The number of methoxy groups -OCH3 is 1. The fourth-order valence-electron chi connectivity index (χ4n) is 3.97. The summed E-state index contributed by atoms with van der Waals surface area (Å²) < 4.78 is 7.35. The van der Waals surface area contributed by atoms with E-state index in [-0.39, 0.29) is 5.97 Å². The number of aryl methyl sites for hydroxylation is 1. The second-order valence-electron chi connectivity index (χ2n) is 8.81. The van der Waals surface area contributed by atoms with Gasteiger partial charge in [0.1, 0.15) is 13.1 Å². The highest BCUT2D eigenvalue weighted by Gasteiger charge is 2.25. The van der Waals surface area contributed by atoms with E-state index < -0.39 is 0 Å². The van der Waals surface area contributed by atoms with Crippen LogP contribution in [0.3, 0.4) is 0 Å². The van der Waals surface area contributed by atoms with Crippen LogP contribution in [0.5, 0.6) is 0 Å². The van der Waals surface area contributed by atoms with E-state index in [1.54, 1.807) is 0 Å². The minimum Gasteiger partial charge on any atom is -0.465 e. The molecule has 0 bridgehead atoms. The molecule has 0 radical (unpaired) electrons. The maximum absolute atomic E-state index is 12.3. The molecule has 1 heterocycles. The first-order chi connectivity index (χ1) is 14.9. The molecule has 0 aliphatic carbocycles. The first-order valence-corrected chi connectivity index (χ1v) is 11.1. The molecule has 0 saturated carbocycles. The van der Waals surface area contributed by atoms with Crippen molar-refractivity contribution in [2.45, 2.75) is 53.4 Å². The van der Waals surface area contributed by atoms with E-state index in [1.807, 2.05) is 24.3 Å². The van der Waals surface area contributed by atoms with Crippen molar-refractivity contribution in [1.82, 2.24) is 4.57 Å². The number of ether oxygens (including phenoxy) is 1. The molecule has 2 atom stereocenters. The lowest BCUT2D eigenvalue weighted by molar-refractivity contribution is -0.954. The van der Waals surface area contributed by atoms with Crippen LogP contribution in [-0.4, -0.2) is 23.7 Å². The largest absolute Gasteiger partial charge is 0.465 e. The van der Waals surface area contributed by atoms with Gasteiger partial charge in [0.25, 0.3) is 0 Å². The zero-order valence-corrected chi connectivity index (χ0v) is 19.4. The number of esters is 1. The average Bonchev–Trinajstić information content (AvgIpc) is 3.20. The number of nitrogens with one attached hydrogen (secondary N) is 1. The molecule has 0 aliphatic rings. The van der Waals surface area contributed by atoms with Crippen LogP contribution in [0.25, 0.3) is 0 Å². The number of aromatic nitrogens is 1. The van der Waals surface area contributed by atoms with Gasteiger partial charge in [-0.1, -0.05) is 61.9 Å². The molecule has 2 aromatic carbocycles. The molecule has 164 valence electrons. The van der Waals surface area contributed by atoms with Gasteiger partial charge in [-0.05, 0) is 37.6 Å². The summed E-state index contributed by atoms with van der Waals surface area (Å²) in [6.07, 6.45) is 2.16. The molecule has 1 N–H and O–H groups in total. The SMILES string of the molecule is COC(=O)c1ccccc1C[NH+](Cc1cccn1Cc1ccc(C)cc1)[C@H](C)C(C)C. The minimum atomic E-state index is -0.269. The van der Waals surface area contributed by atoms with Gasteiger partial charge < -0.3 is 14.2 Å². The zero-order valence-electron chi connectivity index (χ0n) is 19.4. The lowest BCUT2D eigenvalue weighted by Gasteiger charge is -2.29. The standard InChI is InChI=1S/C27H34N2O2/c1-20(2)22(4)29(18-24-9-6-7-11-26(24)27(30)31-5)19-25-10-8-16-28(25)17-23-14-12-21(3)13-15-23/h6-16,20,22H,17-19H2,1-5H3/p+1/t22-/m1/s1. The quantitative estimate of drug-likeness (QED) is 0.526. The molecule has 31 heavy (non-hydrogen) atoms. The van der Waals surface area contributed by atoms with E-state index in [0.717, 1.165) is 25.2 Å². The molecule has 0 amide bonds. The number of rotatable bonds is 9. The Kier molecular flexibility index (Phi) is 7.69. The first kappa shape index (κ1) is 22.8. The van der Waals surface area contributed by atoms with E-state index in [0.29, 0.717) is 17.5 Å². The number of nitrogens with zero attached hydrogens (tertiary/aromatic N) is 1. The maximum atomic E-state index is 12.3. The highest BCUT2D eigenvalue weighted by atomic mass is 16.5. The van der Waals surface area contributed by atoms with Crippen molar-refractivity contribution >= 4 is 5.97 Å². The number of carbonyl (C=O) groups is 1. The third-order valence-electron chi connectivity index (χ3n) is 6.29. The first-order valence-electron chi connectivity index (χ1n) is 11.1. The number of quaternary nitrogens is 1. The predicted octanol–water partition coefficient (Wildman–Crippen LogP) is 4.26. The molecule has 0 fully saturated rings. The van der Waals surface area contributed by atoms with Gasteiger partial charge in [-0.3, -0.25) is 0 Å². The Morgan fingerprint density at radius 3 is 2.35 bits per heavy atom. The lowest BCUT2D eigenvalue weighted by Crippen LogP contribution is -3.13. The van der Waals surface area contributed by atoms with Gasteiger partial charge in [-0.15, -0.1) is 0 Å². The summed E-state index contributed by atoms with van der Waals surface area (Å²) in [6.45, 7) is 11.5. The van der Waals surface area contributed by atoms with Crippen molar-refractivity contribution in [1.29, 1.82) is 0 Å². The van der Waals surface area contributed by atoms with Crippen LogP contribution in [0.15, 0.2) is 66.9 Å². The molecular weight excluding hydrogens is 384 g/mol. The summed E-state index contributed by atoms with van der Waals surface area (Å²) in [5.41, 5.74) is 5.58. The van der Waals surface area contributed by atoms with Crippen LogP contribution in [0.1, 0.15) is 53.5 Å². The van der Waals surface area contributed by atoms with Crippen molar-refractivity contribution in [2.75, 3.05) is 7.11 Å². The Labute approximate surface area is 186 Å². The molecular formula is C27H35N2O2+. The Hall–Kier alpha value is -2.85. The van der Waals surface area contributed by atoms with E-state index in [1.165, 1.54) is 28.8 Å². The number of benzene rings is 2. The smallest absolute Gasteiger partial charge is 0.338 e. The Morgan fingerprint density at radius 1 is 0.968 bits per heavy atom. The van der Waals surface area contributed by atoms with Gasteiger partial charge in [0, 0.05) is 24.2 Å². The molecule has 1 aromatic heterocycles. The zero-order chi connectivity index (χ0) is 22.4. The van der Waals surface area contributed by atoms with Crippen molar-refractivity contribution in [2.24, 2.45) is 5.92 Å². The average molecular weight is 420 g/mol. The Morgan fingerprint density at radius 2 is 1.68 bits per heavy atom. The van der Waals surface area contributed by atoms with Gasteiger partial charge in [-0.25, -0.2) is 4.79 Å². The Bertz CT molecular complexity index is 988. The molecule has 1 unspecified atom stereocenters. The summed E-state index contributed by atoms with van der Waals surface area (Å²) >= 11 is 0. The molecule has 0 aliphatic heterocycles. The second kappa shape index (κ2) is 10.5. The second-order valence-corrected chi connectivity index (χ2v) is 8.81. The summed E-state index contributed by atoms with van der Waals surface area (Å²) in [4.78, 5) is 13.7. The number of hydrogen-bond donors (Lipinski definition) is 1. The molecule has 3 rings (SSSR count). The van der Waals surface area contributed by atoms with Crippen LogP contribution in [0, 0.1) is 12.8 Å². The van der Waals surface area contributed by atoms with E-state index in [2.05, 4.69) is 74.9 Å². The third kappa shape index (κ3) is 5.86. The summed E-state index contributed by atoms with van der Waals surface area (Å²) in [6, 6.07) is 21.3. The van der Waals surface area contributed by atoms with Crippen molar-refractivity contribution in [3.05, 3.63) is 94.8 Å². The van der Waals surface area contributed by atoms with Gasteiger partial charge in [0.15, 0.2) is 0 Å². The normalized spacial score (nSPS) is 13.2. The van der Waals surface area contributed by atoms with E-state index in [9.17, 15) is 4.79 Å². The molecule has 0 spiro atoms. The Balaban J connectivity index is 1.84. The molecule has 4 nitrogen and oxygen atoms in total. The summed E-state index contributed by atoms with van der Waals surface area (Å²) in [5, 5.41) is 0. The van der Waals surface area contributed by atoms with Gasteiger partial charge >= 0.3 is 5.97 Å². The fraction of sp³-hybridized carbons (Fsp3) is 0.370. The molecule has 0 saturated heterocycles. The number of carbonyl (C=O) groups excluding carboxylic acids is 1. The fourth-order valence-corrected chi connectivity index (χ4v) is 3.97. The van der Waals surface area contributed by atoms with Crippen LogP contribution in [0.4, 0.5) is 0 Å². The van der Waals surface area contributed by atoms with Crippen molar-refractivity contribution in [3.63, 3.8) is 0 Å². The highest BCUT2D eigenvalue weighted by molar-refractivity contribution is 5.90. The highest BCUT2D eigenvalue weighted by Crippen LogP contribution is 2.12.